The maximum absolute atomic E-state index is 13.4. The van der Waals surface area contributed by atoms with Crippen LogP contribution in [-0.4, -0.2) is 44.5 Å². The molecule has 2 aromatic rings. The van der Waals surface area contributed by atoms with Gasteiger partial charge < -0.3 is 18.9 Å². The third-order valence-electron chi connectivity index (χ3n) is 7.14. The Morgan fingerprint density at radius 3 is 1.48 bits per heavy atom. The molecular formula is C30H34O12P2. The first-order valence-electron chi connectivity index (χ1n) is 13.8. The quantitative estimate of drug-likeness (QED) is 0.127. The Labute approximate surface area is 255 Å². The minimum Gasteiger partial charge on any atom is -0.490 e. The van der Waals surface area contributed by atoms with Gasteiger partial charge >= 0.3 is 33.3 Å². The topological polar surface area (TPSA) is 142 Å². The van der Waals surface area contributed by atoms with Crippen molar-refractivity contribution in [3.63, 3.8) is 0 Å². The van der Waals surface area contributed by atoms with E-state index in [9.17, 15) is 18.7 Å². The van der Waals surface area contributed by atoms with Crippen molar-refractivity contribution in [3.8, 4) is 11.5 Å². The summed E-state index contributed by atoms with van der Waals surface area (Å²) in [7, 11) is -7.51. The van der Waals surface area contributed by atoms with Crippen LogP contribution in [0.15, 0.2) is 60.7 Å². The highest BCUT2D eigenvalue weighted by Crippen LogP contribution is 2.80. The van der Waals surface area contributed by atoms with Crippen LogP contribution in [-0.2, 0) is 64.0 Å². The molecule has 1 spiro atoms. The van der Waals surface area contributed by atoms with Crippen LogP contribution < -0.4 is 9.47 Å². The molecule has 0 unspecified atom stereocenters. The molecule has 12 nitrogen and oxygen atoms in total. The van der Waals surface area contributed by atoms with Crippen LogP contribution >= 0.6 is 15.2 Å². The van der Waals surface area contributed by atoms with E-state index in [-0.39, 0.29) is 49.9 Å². The fourth-order valence-electron chi connectivity index (χ4n) is 4.76. The van der Waals surface area contributed by atoms with Crippen LogP contribution in [0.3, 0.4) is 0 Å². The zero-order valence-corrected chi connectivity index (χ0v) is 26.7. The highest BCUT2D eigenvalue weighted by molar-refractivity contribution is 7.56. The Kier molecular flexibility index (Phi) is 8.72. The largest absolute Gasteiger partial charge is 0.490 e. The van der Waals surface area contributed by atoms with Crippen LogP contribution in [0.2, 0.25) is 0 Å². The number of carbonyl (C=O) groups excluding carboxylic acids is 2. The summed E-state index contributed by atoms with van der Waals surface area (Å²) in [6, 6.07) is 11.0. The predicted molar refractivity (Wildman–Crippen MR) is 157 cm³/mol. The average molecular weight is 649 g/mol. The van der Waals surface area contributed by atoms with Crippen molar-refractivity contribution < 1.29 is 55.8 Å². The normalized spacial score (nSPS) is 26.1. The zero-order valence-electron chi connectivity index (χ0n) is 24.9. The van der Waals surface area contributed by atoms with Gasteiger partial charge in [0.15, 0.2) is 0 Å². The predicted octanol–water partition coefficient (Wildman–Crippen LogP) is 6.11. The first kappa shape index (κ1) is 32.2. The lowest BCUT2D eigenvalue weighted by molar-refractivity contribution is -0.466. The lowest BCUT2D eigenvalue weighted by atomic mass is 9.77. The number of benzene rings is 2. The van der Waals surface area contributed by atoms with Crippen molar-refractivity contribution in [1.82, 2.24) is 0 Å². The summed E-state index contributed by atoms with van der Waals surface area (Å²) in [4.78, 5) is 23.4. The summed E-state index contributed by atoms with van der Waals surface area (Å²) in [5, 5.41) is 0. The molecule has 0 radical (unpaired) electrons. The third kappa shape index (κ3) is 6.71. The number of hydrogen-bond donors (Lipinski definition) is 0. The molecule has 14 heteroatoms. The van der Waals surface area contributed by atoms with Crippen LogP contribution in [0.4, 0.5) is 0 Å². The molecule has 44 heavy (non-hydrogen) atoms. The standard InChI is InChI=1S/C30H34O12P2/c1-19(2)27(31)37-13-11-35-25-9-7-23-15-21(25)17-43(33)39-30(40-43)41-44(34,42-30)18-22-16-24(29(23,5)6)8-10-26(22)36-12-14-38-28(32)20(3)4/h7-10,15-16H,1,3,11-14,17-18H2,2,4-6H3. The molecule has 0 saturated carbocycles. The molecular weight excluding hydrogens is 614 g/mol. The van der Waals surface area contributed by atoms with Crippen molar-refractivity contribution in [3.05, 3.63) is 83.0 Å². The summed E-state index contributed by atoms with van der Waals surface area (Å²) in [6.45, 7) is 14.3. The molecule has 2 fully saturated rings. The summed E-state index contributed by atoms with van der Waals surface area (Å²) in [6.07, 6.45) is -2.46. The van der Waals surface area contributed by atoms with Gasteiger partial charge in [-0.15, -0.1) is 0 Å². The molecule has 5 aliphatic rings. The van der Waals surface area contributed by atoms with E-state index in [2.05, 4.69) is 13.2 Å². The molecule has 0 atom stereocenters. The van der Waals surface area contributed by atoms with Gasteiger partial charge in [0.2, 0.25) is 0 Å². The fourth-order valence-corrected chi connectivity index (χ4v) is 8.27. The highest BCUT2D eigenvalue weighted by atomic mass is 31.2. The van der Waals surface area contributed by atoms with E-state index in [4.69, 9.17) is 37.0 Å². The third-order valence-corrected chi connectivity index (χ3v) is 10.6. The zero-order chi connectivity index (χ0) is 31.9. The highest BCUT2D eigenvalue weighted by Gasteiger charge is 2.71. The molecule has 0 aromatic heterocycles. The molecule has 7 bridgehead atoms. The lowest BCUT2D eigenvalue weighted by Gasteiger charge is -2.51. The summed E-state index contributed by atoms with van der Waals surface area (Å²) >= 11 is 0. The molecule has 2 aromatic carbocycles. The molecule has 0 N–H and O–H groups in total. The minimum atomic E-state index is -3.76. The van der Waals surface area contributed by atoms with E-state index in [0.29, 0.717) is 22.6 Å². The number of hydrogen-bond acceptors (Lipinski definition) is 12. The Hall–Kier alpha value is -3.24. The van der Waals surface area contributed by atoms with Crippen molar-refractivity contribution >= 4 is 27.1 Å². The van der Waals surface area contributed by atoms with Crippen LogP contribution in [0.1, 0.15) is 49.9 Å². The summed E-state index contributed by atoms with van der Waals surface area (Å²) < 4.78 is 70.7. The lowest BCUT2D eigenvalue weighted by Crippen LogP contribution is -2.53. The summed E-state index contributed by atoms with van der Waals surface area (Å²) in [5.41, 5.74) is 2.70. The van der Waals surface area contributed by atoms with E-state index >= 15 is 0 Å². The molecule has 2 saturated heterocycles. The monoisotopic (exact) mass is 648 g/mol. The Morgan fingerprint density at radius 1 is 0.727 bits per heavy atom. The van der Waals surface area contributed by atoms with Crippen molar-refractivity contribution in [2.75, 3.05) is 26.4 Å². The van der Waals surface area contributed by atoms with Crippen molar-refractivity contribution in [2.45, 2.75) is 51.6 Å². The van der Waals surface area contributed by atoms with Crippen LogP contribution in [0.5, 0.6) is 11.5 Å². The van der Waals surface area contributed by atoms with Gasteiger partial charge in [-0.2, -0.15) is 0 Å². The minimum absolute atomic E-state index is 0.0172. The van der Waals surface area contributed by atoms with E-state index in [1.54, 1.807) is 26.0 Å². The van der Waals surface area contributed by atoms with Gasteiger partial charge in [-0.25, -0.2) is 27.7 Å². The van der Waals surface area contributed by atoms with Gasteiger partial charge in [-0.05, 0) is 37.1 Å². The van der Waals surface area contributed by atoms with Gasteiger partial charge in [-0.3, -0.25) is 9.13 Å². The SMILES string of the molecule is C=C(C)C(=O)OCCOc1ccc2cc1CP1(=O)OC3(O1)OP(=O)(Cc1cc(ccc1OCCOC(=O)C(=C)C)C2(C)C)O3. The van der Waals surface area contributed by atoms with E-state index in [0.717, 1.165) is 11.1 Å². The van der Waals surface area contributed by atoms with Crippen molar-refractivity contribution in [1.29, 1.82) is 0 Å². The van der Waals surface area contributed by atoms with Crippen LogP contribution in [0, 0.1) is 0 Å². The van der Waals surface area contributed by atoms with E-state index in [1.807, 2.05) is 38.1 Å². The first-order chi connectivity index (χ1) is 20.6. The van der Waals surface area contributed by atoms with Crippen molar-refractivity contribution in [2.24, 2.45) is 0 Å². The molecule has 0 amide bonds. The number of esters is 2. The fraction of sp³-hybridized carbons (Fsp3) is 0.400. The molecule has 0 aliphatic carbocycles. The maximum atomic E-state index is 13.4. The second-order valence-electron chi connectivity index (χ2n) is 11.2. The molecule has 7 rings (SSSR count). The molecule has 236 valence electrons. The first-order valence-corrected chi connectivity index (χ1v) is 17.3. The van der Waals surface area contributed by atoms with Gasteiger partial charge in [-0.1, -0.05) is 51.3 Å². The Bertz CT molecular complexity index is 1490. The Morgan fingerprint density at radius 2 is 1.11 bits per heavy atom. The number of ether oxygens (including phenoxy) is 4. The van der Waals surface area contributed by atoms with Gasteiger partial charge in [0.05, 0.1) is 12.3 Å². The summed E-state index contributed by atoms with van der Waals surface area (Å²) in [5.74, 6) is -0.273. The average Bonchev–Trinajstić information content (AvgIpc) is 2.91. The number of carbonyl (C=O) groups is 2. The molecule has 5 heterocycles. The second-order valence-corrected chi connectivity index (χ2v) is 15.0. The molecule has 5 aliphatic heterocycles. The smallest absolute Gasteiger partial charge is 0.441 e. The second kappa shape index (κ2) is 11.9. The van der Waals surface area contributed by atoms with Gasteiger partial charge in [0.25, 0.3) is 0 Å². The van der Waals surface area contributed by atoms with E-state index in [1.165, 1.54) is 0 Å². The van der Waals surface area contributed by atoms with Crippen LogP contribution in [0.25, 0.3) is 0 Å². The maximum Gasteiger partial charge on any atom is 0.441 e. The van der Waals surface area contributed by atoms with E-state index < -0.39 is 38.7 Å². The van der Waals surface area contributed by atoms with Gasteiger partial charge in [0, 0.05) is 27.7 Å². The number of rotatable bonds is 10. The van der Waals surface area contributed by atoms with Gasteiger partial charge in [0.1, 0.15) is 37.9 Å². The Balaban J connectivity index is 1.43.